The number of hydrogen-bond acceptors (Lipinski definition) is 2. The third kappa shape index (κ3) is 2.16. The molecule has 2 nitrogen and oxygen atoms in total. The third-order valence-electron chi connectivity index (χ3n) is 1.71. The van der Waals surface area contributed by atoms with Gasteiger partial charge in [0.1, 0.15) is 0 Å². The van der Waals surface area contributed by atoms with Crippen LogP contribution in [-0.2, 0) is 12.6 Å². The minimum absolute atomic E-state index is 0.0408. The van der Waals surface area contributed by atoms with E-state index in [-0.39, 0.29) is 17.7 Å². The van der Waals surface area contributed by atoms with Crippen molar-refractivity contribution in [3.8, 4) is 6.07 Å². The van der Waals surface area contributed by atoms with Crippen molar-refractivity contribution in [2.45, 2.75) is 12.6 Å². The van der Waals surface area contributed by atoms with Crippen molar-refractivity contribution in [2.24, 2.45) is 0 Å². The summed E-state index contributed by atoms with van der Waals surface area (Å²) in [6.07, 6.45) is -4.73. The Morgan fingerprint density at radius 3 is 2.50 bits per heavy atom. The number of nitrogens with two attached hydrogens (primary N) is 1. The Hall–Kier alpha value is -1.70. The monoisotopic (exact) mass is 200 g/mol. The molecule has 1 aromatic carbocycles. The molecule has 2 N–H and O–H groups in total. The highest BCUT2D eigenvalue weighted by Gasteiger charge is 2.33. The summed E-state index contributed by atoms with van der Waals surface area (Å²) in [5.74, 6) is 0. The Balaban J connectivity index is 3.24. The van der Waals surface area contributed by atoms with Crippen LogP contribution in [0.5, 0.6) is 0 Å². The van der Waals surface area contributed by atoms with Crippen LogP contribution in [0.2, 0.25) is 0 Å². The topological polar surface area (TPSA) is 49.8 Å². The molecule has 0 heterocycles. The lowest BCUT2D eigenvalue weighted by Crippen LogP contribution is -2.09. The van der Waals surface area contributed by atoms with Gasteiger partial charge in [0.15, 0.2) is 0 Å². The molecule has 1 aromatic rings. The van der Waals surface area contributed by atoms with E-state index in [2.05, 4.69) is 0 Å². The fourth-order valence-corrected chi connectivity index (χ4v) is 1.10. The Bertz CT molecular complexity index is 377. The van der Waals surface area contributed by atoms with Crippen LogP contribution in [0, 0.1) is 11.3 Å². The van der Waals surface area contributed by atoms with Crippen molar-refractivity contribution >= 4 is 5.69 Å². The van der Waals surface area contributed by atoms with Gasteiger partial charge in [-0.1, -0.05) is 6.07 Å². The lowest BCUT2D eigenvalue weighted by atomic mass is 10.0. The summed E-state index contributed by atoms with van der Waals surface area (Å²) >= 11 is 0. The zero-order valence-corrected chi connectivity index (χ0v) is 7.10. The van der Waals surface area contributed by atoms with Crippen molar-refractivity contribution in [1.82, 2.24) is 0 Å². The van der Waals surface area contributed by atoms with Gasteiger partial charge in [-0.05, 0) is 17.7 Å². The molecule has 0 saturated heterocycles. The molecule has 0 aliphatic heterocycles. The highest BCUT2D eigenvalue weighted by molar-refractivity contribution is 5.46. The van der Waals surface area contributed by atoms with Crippen molar-refractivity contribution in [3.63, 3.8) is 0 Å². The maximum absolute atomic E-state index is 12.4. The molecule has 0 radical (unpaired) electrons. The average molecular weight is 200 g/mol. The predicted octanol–water partition coefficient (Wildman–Crippen LogP) is 2.35. The van der Waals surface area contributed by atoms with Gasteiger partial charge in [-0.15, -0.1) is 0 Å². The van der Waals surface area contributed by atoms with Crippen molar-refractivity contribution in [1.29, 1.82) is 5.26 Å². The lowest BCUT2D eigenvalue weighted by Gasteiger charge is -2.11. The van der Waals surface area contributed by atoms with E-state index in [9.17, 15) is 13.2 Å². The SMILES string of the molecule is N#CCc1ccc(N)cc1C(F)(F)F. The number of rotatable bonds is 1. The summed E-state index contributed by atoms with van der Waals surface area (Å²) in [5.41, 5.74) is 4.40. The van der Waals surface area contributed by atoms with Crippen LogP contribution < -0.4 is 5.73 Å². The Morgan fingerprint density at radius 2 is 2.00 bits per heavy atom. The zero-order valence-electron chi connectivity index (χ0n) is 7.10. The molecule has 0 unspecified atom stereocenters. The Morgan fingerprint density at radius 1 is 1.36 bits per heavy atom. The fourth-order valence-electron chi connectivity index (χ4n) is 1.10. The standard InChI is InChI=1S/C9H7F3N2/c10-9(11,12)8-5-7(14)2-1-6(8)3-4-13/h1-2,5H,3,14H2. The largest absolute Gasteiger partial charge is 0.416 e. The first kappa shape index (κ1) is 10.4. The number of hydrogen-bond donors (Lipinski definition) is 1. The van der Waals surface area contributed by atoms with Crippen LogP contribution in [0.3, 0.4) is 0 Å². The Kier molecular flexibility index (Phi) is 2.65. The van der Waals surface area contributed by atoms with Gasteiger partial charge in [-0.2, -0.15) is 18.4 Å². The van der Waals surface area contributed by atoms with E-state index >= 15 is 0 Å². The van der Waals surface area contributed by atoms with Crippen LogP contribution in [0.1, 0.15) is 11.1 Å². The molecule has 5 heteroatoms. The van der Waals surface area contributed by atoms with E-state index < -0.39 is 11.7 Å². The van der Waals surface area contributed by atoms with Crippen LogP contribution >= 0.6 is 0 Å². The first-order valence-corrected chi connectivity index (χ1v) is 3.77. The summed E-state index contributed by atoms with van der Waals surface area (Å²) in [5, 5.41) is 8.33. The summed E-state index contributed by atoms with van der Waals surface area (Å²) in [4.78, 5) is 0. The van der Waals surface area contributed by atoms with E-state index in [1.54, 1.807) is 6.07 Å². The van der Waals surface area contributed by atoms with Gasteiger partial charge < -0.3 is 5.73 Å². The molecule has 0 spiro atoms. The van der Waals surface area contributed by atoms with Crippen molar-refractivity contribution in [2.75, 3.05) is 5.73 Å². The molecule has 0 aliphatic carbocycles. The molecular weight excluding hydrogens is 193 g/mol. The quantitative estimate of drug-likeness (QED) is 0.707. The summed E-state index contributed by atoms with van der Waals surface area (Å²) < 4.78 is 37.2. The summed E-state index contributed by atoms with van der Waals surface area (Å²) in [6.45, 7) is 0. The highest BCUT2D eigenvalue weighted by atomic mass is 19.4. The minimum atomic E-state index is -4.46. The van der Waals surface area contributed by atoms with Crippen molar-refractivity contribution in [3.05, 3.63) is 29.3 Å². The van der Waals surface area contributed by atoms with Crippen LogP contribution in [0.25, 0.3) is 0 Å². The molecule has 0 aromatic heterocycles. The highest BCUT2D eigenvalue weighted by Crippen LogP contribution is 2.33. The molecule has 0 amide bonds. The molecule has 1 rings (SSSR count). The van der Waals surface area contributed by atoms with Gasteiger partial charge in [0, 0.05) is 5.69 Å². The average Bonchev–Trinajstić information content (AvgIpc) is 2.07. The third-order valence-corrected chi connectivity index (χ3v) is 1.71. The number of benzene rings is 1. The second-order valence-corrected chi connectivity index (χ2v) is 2.75. The van der Waals surface area contributed by atoms with Gasteiger partial charge >= 0.3 is 6.18 Å². The molecule has 0 aliphatic rings. The van der Waals surface area contributed by atoms with E-state index in [0.717, 1.165) is 6.07 Å². The molecule has 0 atom stereocenters. The maximum Gasteiger partial charge on any atom is 0.416 e. The molecule has 0 fully saturated rings. The fraction of sp³-hybridized carbons (Fsp3) is 0.222. The number of nitrogens with zero attached hydrogens (tertiary/aromatic N) is 1. The Labute approximate surface area is 78.8 Å². The van der Waals surface area contributed by atoms with Gasteiger partial charge in [0.25, 0.3) is 0 Å². The van der Waals surface area contributed by atoms with Gasteiger partial charge in [-0.25, -0.2) is 0 Å². The van der Waals surface area contributed by atoms with Crippen molar-refractivity contribution < 1.29 is 13.2 Å². The smallest absolute Gasteiger partial charge is 0.399 e. The number of nitriles is 1. The van der Waals surface area contributed by atoms with Gasteiger partial charge in [0.05, 0.1) is 18.1 Å². The first-order chi connectivity index (χ1) is 6.45. The zero-order chi connectivity index (χ0) is 10.8. The van der Waals surface area contributed by atoms with Crippen LogP contribution in [-0.4, -0.2) is 0 Å². The predicted molar refractivity (Wildman–Crippen MR) is 45.2 cm³/mol. The molecule has 14 heavy (non-hydrogen) atoms. The molecule has 74 valence electrons. The van der Waals surface area contributed by atoms with Crippen LogP contribution in [0.15, 0.2) is 18.2 Å². The molecule has 0 bridgehead atoms. The second kappa shape index (κ2) is 3.58. The van der Waals surface area contributed by atoms with E-state index in [1.807, 2.05) is 0 Å². The maximum atomic E-state index is 12.4. The number of anilines is 1. The van der Waals surface area contributed by atoms with Gasteiger partial charge in [-0.3, -0.25) is 0 Å². The number of nitrogen functional groups attached to an aromatic ring is 1. The first-order valence-electron chi connectivity index (χ1n) is 3.77. The van der Waals surface area contributed by atoms with E-state index in [0.29, 0.717) is 0 Å². The number of halogens is 3. The molecular formula is C9H7F3N2. The van der Waals surface area contributed by atoms with E-state index in [1.165, 1.54) is 12.1 Å². The van der Waals surface area contributed by atoms with E-state index in [4.69, 9.17) is 11.0 Å². The second-order valence-electron chi connectivity index (χ2n) is 2.75. The number of alkyl halides is 3. The molecule has 0 saturated carbocycles. The summed E-state index contributed by atoms with van der Waals surface area (Å²) in [7, 11) is 0. The minimum Gasteiger partial charge on any atom is -0.399 e. The lowest BCUT2D eigenvalue weighted by molar-refractivity contribution is -0.138. The van der Waals surface area contributed by atoms with Gasteiger partial charge in [0.2, 0.25) is 0 Å². The van der Waals surface area contributed by atoms with Crippen LogP contribution in [0.4, 0.5) is 18.9 Å². The summed E-state index contributed by atoms with van der Waals surface area (Å²) in [6, 6.07) is 5.09. The normalized spacial score (nSPS) is 11.0.